The molecule has 0 aliphatic heterocycles. The van der Waals surface area contributed by atoms with Crippen LogP contribution < -0.4 is 28.9 Å². The Labute approximate surface area is 148 Å². The van der Waals surface area contributed by atoms with Crippen LogP contribution >= 0.6 is 8.58 Å². The van der Waals surface area contributed by atoms with Crippen molar-refractivity contribution in [2.75, 3.05) is 7.11 Å². The van der Waals surface area contributed by atoms with Gasteiger partial charge < -0.3 is 6.16 Å². The van der Waals surface area contributed by atoms with Crippen LogP contribution in [0.1, 0.15) is 34.0 Å². The largest absolute Gasteiger partial charge is 1.00 e. The first-order chi connectivity index (χ1) is 9.92. The molecule has 0 saturated heterocycles. The third-order valence-corrected chi connectivity index (χ3v) is 4.89. The van der Waals surface area contributed by atoms with Crippen molar-refractivity contribution in [3.05, 3.63) is 58.1 Å². The molecule has 1 atom stereocenters. The Hall–Kier alpha value is -1.06. The summed E-state index contributed by atoms with van der Waals surface area (Å²) >= 11 is 0. The van der Waals surface area contributed by atoms with Crippen LogP contribution in [0.5, 0.6) is 5.75 Å². The summed E-state index contributed by atoms with van der Waals surface area (Å²) in [5.74, 6) is 0.830. The molecule has 0 fully saturated rings. The van der Waals surface area contributed by atoms with Gasteiger partial charge in [-0.15, -0.1) is 0 Å². The van der Waals surface area contributed by atoms with Gasteiger partial charge in [0.05, 0.1) is 7.11 Å². The first kappa shape index (κ1) is 19.0. The molecule has 0 aliphatic carbocycles. The molecule has 0 aromatic heterocycles. The van der Waals surface area contributed by atoms with Crippen molar-refractivity contribution >= 4 is 19.4 Å². The van der Waals surface area contributed by atoms with Gasteiger partial charge in [-0.3, -0.25) is 4.79 Å². The molecule has 2 aromatic carbocycles. The Morgan fingerprint density at radius 2 is 1.59 bits per heavy atom. The van der Waals surface area contributed by atoms with E-state index in [1.165, 1.54) is 5.56 Å². The Kier molecular flexibility index (Phi) is 6.88. The first-order valence-corrected chi connectivity index (χ1v) is 7.96. The average Bonchev–Trinajstić information content (AvgIpc) is 2.39. The van der Waals surface area contributed by atoms with Crippen LogP contribution in [0.15, 0.2) is 30.3 Å². The zero-order valence-electron chi connectivity index (χ0n) is 15.2. The van der Waals surface area contributed by atoms with Crippen LogP contribution in [0.2, 0.25) is 0 Å². The third kappa shape index (κ3) is 4.23. The summed E-state index contributed by atoms with van der Waals surface area (Å²) in [5.41, 5.74) is 5.51. The molecule has 1 unspecified atom stereocenters. The smallest absolute Gasteiger partial charge is 1.00 e. The molecule has 0 radical (unpaired) electrons. The van der Waals surface area contributed by atoms with Crippen LogP contribution in [0.3, 0.4) is 0 Å². The number of hydrogen-bond donors (Lipinski definition) is 0. The minimum Gasteiger partial charge on any atom is -1.00 e. The molecule has 0 spiro atoms. The van der Waals surface area contributed by atoms with E-state index in [1.807, 2.05) is 39.0 Å². The summed E-state index contributed by atoms with van der Waals surface area (Å²) in [6.07, 6.45) is 0. The maximum absolute atomic E-state index is 12.7. The van der Waals surface area contributed by atoms with Crippen molar-refractivity contribution in [2.45, 2.75) is 27.7 Å². The van der Waals surface area contributed by atoms with Gasteiger partial charge in [0.1, 0.15) is 5.75 Å². The fourth-order valence-corrected chi connectivity index (χ4v) is 3.83. The number of benzene rings is 2. The number of ether oxygens (including phenoxy) is 1. The van der Waals surface area contributed by atoms with Gasteiger partial charge in [-0.05, 0) is 70.4 Å². The molecule has 2 rings (SSSR count). The van der Waals surface area contributed by atoms with Gasteiger partial charge in [0.2, 0.25) is 0 Å². The summed E-state index contributed by atoms with van der Waals surface area (Å²) in [6.45, 7) is 8.11. The minimum atomic E-state index is 0. The maximum Gasteiger partial charge on any atom is 1.00 e. The number of rotatable bonds is 4. The normalized spacial score (nSPS) is 10.6. The van der Waals surface area contributed by atoms with Gasteiger partial charge in [0.15, 0.2) is 5.52 Å². The van der Waals surface area contributed by atoms with Crippen LogP contribution in [0.4, 0.5) is 0 Å². The van der Waals surface area contributed by atoms with Crippen molar-refractivity contribution in [1.29, 1.82) is 0 Å². The average molecular weight is 308 g/mol. The van der Waals surface area contributed by atoms with E-state index in [0.717, 1.165) is 33.3 Å². The molecule has 0 saturated carbocycles. The quantitative estimate of drug-likeness (QED) is 0.626. The predicted molar refractivity (Wildman–Crippen MR) is 91.8 cm³/mol. The fraction of sp³-hybridized carbons (Fsp3) is 0.278. The van der Waals surface area contributed by atoms with Crippen LogP contribution in [-0.4, -0.2) is 12.6 Å². The monoisotopic (exact) mass is 308 g/mol. The Morgan fingerprint density at radius 1 is 1.00 bits per heavy atom. The van der Waals surface area contributed by atoms with Crippen LogP contribution in [0.25, 0.3) is 0 Å². The Morgan fingerprint density at radius 3 is 2.09 bits per heavy atom. The zero-order valence-corrected chi connectivity index (χ0v) is 15.2. The van der Waals surface area contributed by atoms with E-state index in [9.17, 15) is 4.79 Å². The molecule has 0 amide bonds. The number of carbonyl (C=O) groups is 1. The summed E-state index contributed by atoms with van der Waals surface area (Å²) in [5, 5.41) is 1.08. The fourth-order valence-electron chi connectivity index (χ4n) is 2.63. The van der Waals surface area contributed by atoms with E-state index in [0.29, 0.717) is 0 Å². The minimum absolute atomic E-state index is 0. The zero-order chi connectivity index (χ0) is 15.6. The summed E-state index contributed by atoms with van der Waals surface area (Å²) in [7, 11) is 1.80. The molecule has 4 heteroatoms. The van der Waals surface area contributed by atoms with Gasteiger partial charge in [-0.2, -0.15) is 0 Å². The molecule has 0 N–H and O–H groups in total. The second kappa shape index (κ2) is 7.98. The SMILES string of the molecule is COc1ccc(PC(=O)c2c(C)cc(C)cc2C)c(C)c1.[H-].[Li+]. The van der Waals surface area contributed by atoms with Crippen molar-refractivity contribution in [1.82, 2.24) is 0 Å². The molecule has 112 valence electrons. The van der Waals surface area contributed by atoms with Crippen molar-refractivity contribution in [3.63, 3.8) is 0 Å². The van der Waals surface area contributed by atoms with Gasteiger partial charge in [0.25, 0.3) is 0 Å². The van der Waals surface area contributed by atoms with Gasteiger partial charge in [-0.25, -0.2) is 0 Å². The van der Waals surface area contributed by atoms with E-state index >= 15 is 0 Å². The topological polar surface area (TPSA) is 26.3 Å². The van der Waals surface area contributed by atoms with Crippen LogP contribution in [-0.2, 0) is 0 Å². The second-order valence-corrected chi connectivity index (χ2v) is 6.65. The molecule has 2 aromatic rings. The molecular formula is C18H22LiO2P. The van der Waals surface area contributed by atoms with Crippen molar-refractivity contribution in [2.24, 2.45) is 0 Å². The predicted octanol–water partition coefficient (Wildman–Crippen LogP) is 1.19. The van der Waals surface area contributed by atoms with E-state index in [4.69, 9.17) is 4.74 Å². The first-order valence-electron chi connectivity index (χ1n) is 6.96. The van der Waals surface area contributed by atoms with Gasteiger partial charge >= 0.3 is 18.9 Å². The molecular weight excluding hydrogens is 286 g/mol. The van der Waals surface area contributed by atoms with E-state index in [-0.39, 0.29) is 34.4 Å². The standard InChI is InChI=1S/C18H21O2P.Li.H/c1-11-8-13(3)17(14(4)9-11)18(19)21-16-7-6-15(20-5)10-12(16)2;;/h6-10,21H,1-5H3;;/q;+1;-1. The number of aryl methyl sites for hydroxylation is 4. The van der Waals surface area contributed by atoms with Gasteiger partial charge in [-0.1, -0.05) is 23.8 Å². The van der Waals surface area contributed by atoms with Crippen molar-refractivity contribution in [3.8, 4) is 5.75 Å². The van der Waals surface area contributed by atoms with E-state index in [1.54, 1.807) is 7.11 Å². The number of hydrogen-bond acceptors (Lipinski definition) is 2. The van der Waals surface area contributed by atoms with Gasteiger partial charge in [0, 0.05) is 5.56 Å². The Bertz CT molecular complexity index is 678. The summed E-state index contributed by atoms with van der Waals surface area (Å²) in [6, 6.07) is 10.0. The van der Waals surface area contributed by atoms with Crippen LogP contribution in [0, 0.1) is 27.7 Å². The molecule has 0 heterocycles. The molecule has 0 bridgehead atoms. The third-order valence-electron chi connectivity index (χ3n) is 3.59. The van der Waals surface area contributed by atoms with Crippen molar-refractivity contribution < 1.29 is 29.8 Å². The molecule has 0 aliphatic rings. The van der Waals surface area contributed by atoms with E-state index < -0.39 is 0 Å². The summed E-state index contributed by atoms with van der Waals surface area (Å²) < 4.78 is 5.21. The molecule has 2 nitrogen and oxygen atoms in total. The summed E-state index contributed by atoms with van der Waals surface area (Å²) in [4.78, 5) is 12.7. The number of methoxy groups -OCH3 is 1. The Balaban J connectivity index is 0.00000242. The number of carbonyl (C=O) groups excluding carboxylic acids is 1. The maximum atomic E-state index is 12.7. The molecule has 22 heavy (non-hydrogen) atoms. The van der Waals surface area contributed by atoms with E-state index in [2.05, 4.69) is 19.1 Å². The second-order valence-electron chi connectivity index (χ2n) is 5.41.